The Morgan fingerprint density at radius 3 is 2.75 bits per heavy atom. The molecule has 0 saturated heterocycles. The molecule has 2 aromatic rings. The van der Waals surface area contributed by atoms with Crippen LogP contribution in [0.25, 0.3) is 10.8 Å². The Morgan fingerprint density at radius 1 is 1.20 bits per heavy atom. The predicted octanol–water partition coefficient (Wildman–Crippen LogP) is 2.63. The molecule has 2 aromatic carbocycles. The molecule has 0 radical (unpaired) electrons. The van der Waals surface area contributed by atoms with Crippen LogP contribution in [0.15, 0.2) is 36.4 Å². The number of hydrogen-bond donors (Lipinski definition) is 1. The van der Waals surface area contributed by atoms with Gasteiger partial charge in [0.05, 0.1) is 13.7 Å². The summed E-state index contributed by atoms with van der Waals surface area (Å²) in [4.78, 5) is 11.0. The monoisotopic (exact) mass is 273 g/mol. The third kappa shape index (κ3) is 3.27. The Bertz CT molecular complexity index is 595. The highest BCUT2D eigenvalue weighted by Gasteiger charge is 2.07. The lowest BCUT2D eigenvalue weighted by molar-refractivity contribution is -0.140. The summed E-state index contributed by atoms with van der Waals surface area (Å²) in [6.45, 7) is 0.897. The lowest BCUT2D eigenvalue weighted by atomic mass is 10.0. The van der Waals surface area contributed by atoms with Gasteiger partial charge in [-0.3, -0.25) is 4.79 Å². The number of carbonyl (C=O) groups excluding carboxylic acids is 1. The lowest BCUT2D eigenvalue weighted by Crippen LogP contribution is -2.07. The zero-order valence-electron chi connectivity index (χ0n) is 11.6. The van der Waals surface area contributed by atoms with Crippen molar-refractivity contribution >= 4 is 16.7 Å². The van der Waals surface area contributed by atoms with Gasteiger partial charge >= 0.3 is 5.97 Å². The number of rotatable bonds is 6. The topological polar surface area (TPSA) is 61.5 Å². The molecule has 2 N–H and O–H groups in total. The van der Waals surface area contributed by atoms with E-state index in [0.29, 0.717) is 26.0 Å². The second-order valence-electron chi connectivity index (χ2n) is 4.50. The van der Waals surface area contributed by atoms with Crippen molar-refractivity contribution in [1.29, 1.82) is 0 Å². The molecule has 0 saturated carbocycles. The number of fused-ring (bicyclic) bond motifs is 1. The first kappa shape index (κ1) is 14.3. The molecule has 0 aromatic heterocycles. The van der Waals surface area contributed by atoms with E-state index in [4.69, 9.17) is 10.5 Å². The van der Waals surface area contributed by atoms with Crippen molar-refractivity contribution in [3.05, 3.63) is 42.0 Å². The molecule has 0 amide bonds. The number of carbonyl (C=O) groups is 1. The van der Waals surface area contributed by atoms with E-state index in [-0.39, 0.29) is 5.97 Å². The smallest absolute Gasteiger partial charge is 0.305 e. The van der Waals surface area contributed by atoms with Crippen LogP contribution in [0, 0.1) is 0 Å². The van der Waals surface area contributed by atoms with E-state index in [1.165, 1.54) is 7.11 Å². The minimum absolute atomic E-state index is 0.217. The van der Waals surface area contributed by atoms with E-state index in [0.717, 1.165) is 22.1 Å². The van der Waals surface area contributed by atoms with Gasteiger partial charge < -0.3 is 15.2 Å². The predicted molar refractivity (Wildman–Crippen MR) is 78.6 cm³/mol. The molecule has 106 valence electrons. The Balaban J connectivity index is 2.08. The van der Waals surface area contributed by atoms with Crippen LogP contribution < -0.4 is 10.5 Å². The number of hydrogen-bond acceptors (Lipinski definition) is 4. The van der Waals surface area contributed by atoms with E-state index in [1.807, 2.05) is 30.3 Å². The van der Waals surface area contributed by atoms with Gasteiger partial charge in [-0.2, -0.15) is 0 Å². The van der Waals surface area contributed by atoms with Gasteiger partial charge in [0.1, 0.15) is 5.75 Å². The van der Waals surface area contributed by atoms with E-state index in [2.05, 4.69) is 10.8 Å². The van der Waals surface area contributed by atoms with Gasteiger partial charge in [-0.1, -0.05) is 30.3 Å². The minimum Gasteiger partial charge on any atom is -0.493 e. The molecule has 4 heteroatoms. The molecule has 0 aliphatic heterocycles. The third-order valence-corrected chi connectivity index (χ3v) is 3.21. The maximum Gasteiger partial charge on any atom is 0.305 e. The standard InChI is InChI=1S/C16H19NO3/c1-19-16(18)7-4-10-20-15-9-8-12-5-2-3-6-13(12)14(15)11-17/h2-3,5-6,8-9H,4,7,10-11,17H2,1H3. The molecule has 0 aliphatic carbocycles. The SMILES string of the molecule is COC(=O)CCCOc1ccc2ccccc2c1CN. The van der Waals surface area contributed by atoms with Crippen molar-refractivity contribution in [2.75, 3.05) is 13.7 Å². The fraction of sp³-hybridized carbons (Fsp3) is 0.312. The van der Waals surface area contributed by atoms with Crippen LogP contribution >= 0.6 is 0 Å². The molecule has 20 heavy (non-hydrogen) atoms. The molecule has 2 rings (SSSR count). The number of esters is 1. The van der Waals surface area contributed by atoms with Crippen LogP contribution in [0.4, 0.5) is 0 Å². The summed E-state index contributed by atoms with van der Waals surface area (Å²) < 4.78 is 10.3. The summed E-state index contributed by atoms with van der Waals surface area (Å²) in [5.41, 5.74) is 6.84. The summed E-state index contributed by atoms with van der Waals surface area (Å²) >= 11 is 0. The fourth-order valence-electron chi connectivity index (χ4n) is 2.16. The molecule has 0 fully saturated rings. The van der Waals surface area contributed by atoms with E-state index < -0.39 is 0 Å². The normalized spacial score (nSPS) is 10.5. The first-order valence-electron chi connectivity index (χ1n) is 6.66. The van der Waals surface area contributed by atoms with E-state index >= 15 is 0 Å². The van der Waals surface area contributed by atoms with Crippen molar-refractivity contribution in [3.8, 4) is 5.75 Å². The zero-order valence-corrected chi connectivity index (χ0v) is 11.6. The van der Waals surface area contributed by atoms with Gasteiger partial charge in [-0.25, -0.2) is 0 Å². The van der Waals surface area contributed by atoms with Gasteiger partial charge in [0.2, 0.25) is 0 Å². The Hall–Kier alpha value is -2.07. The Labute approximate surface area is 118 Å². The molecule has 0 heterocycles. The number of methoxy groups -OCH3 is 1. The number of nitrogens with two attached hydrogens (primary N) is 1. The molecule has 0 atom stereocenters. The average molecular weight is 273 g/mol. The maximum atomic E-state index is 11.0. The van der Waals surface area contributed by atoms with Crippen LogP contribution in [-0.2, 0) is 16.1 Å². The second kappa shape index (κ2) is 6.91. The highest BCUT2D eigenvalue weighted by molar-refractivity contribution is 5.87. The van der Waals surface area contributed by atoms with Crippen molar-refractivity contribution in [3.63, 3.8) is 0 Å². The molecular formula is C16H19NO3. The largest absolute Gasteiger partial charge is 0.493 e. The van der Waals surface area contributed by atoms with E-state index in [1.54, 1.807) is 0 Å². The Morgan fingerprint density at radius 2 is 2.00 bits per heavy atom. The van der Waals surface area contributed by atoms with E-state index in [9.17, 15) is 4.79 Å². The lowest BCUT2D eigenvalue weighted by Gasteiger charge is -2.12. The van der Waals surface area contributed by atoms with Crippen molar-refractivity contribution < 1.29 is 14.3 Å². The van der Waals surface area contributed by atoms with Crippen LogP contribution in [0.2, 0.25) is 0 Å². The zero-order chi connectivity index (χ0) is 14.4. The summed E-state index contributed by atoms with van der Waals surface area (Å²) in [5.74, 6) is 0.572. The first-order chi connectivity index (χ1) is 9.76. The molecule has 0 bridgehead atoms. The van der Waals surface area contributed by atoms with Crippen LogP contribution in [-0.4, -0.2) is 19.7 Å². The number of ether oxygens (including phenoxy) is 2. The summed E-state index contributed by atoms with van der Waals surface area (Å²) in [6.07, 6.45) is 0.992. The van der Waals surface area contributed by atoms with Gasteiger partial charge in [0.15, 0.2) is 0 Å². The summed E-state index contributed by atoms with van der Waals surface area (Å²) in [7, 11) is 1.39. The van der Waals surface area contributed by atoms with Gasteiger partial charge in [-0.05, 0) is 23.3 Å². The maximum absolute atomic E-state index is 11.0. The quantitative estimate of drug-likeness (QED) is 0.649. The number of benzene rings is 2. The highest BCUT2D eigenvalue weighted by atomic mass is 16.5. The van der Waals surface area contributed by atoms with Gasteiger partial charge in [-0.15, -0.1) is 0 Å². The minimum atomic E-state index is -0.217. The molecule has 0 unspecified atom stereocenters. The summed E-state index contributed by atoms with van der Waals surface area (Å²) in [5, 5.41) is 2.26. The van der Waals surface area contributed by atoms with Gasteiger partial charge in [0.25, 0.3) is 0 Å². The van der Waals surface area contributed by atoms with Gasteiger partial charge in [0, 0.05) is 18.5 Å². The molecule has 0 aliphatic rings. The van der Waals surface area contributed by atoms with Crippen LogP contribution in [0.3, 0.4) is 0 Å². The molecular weight excluding hydrogens is 254 g/mol. The van der Waals surface area contributed by atoms with Crippen molar-refractivity contribution in [2.45, 2.75) is 19.4 Å². The second-order valence-corrected chi connectivity index (χ2v) is 4.50. The van der Waals surface area contributed by atoms with Crippen LogP contribution in [0.5, 0.6) is 5.75 Å². The Kier molecular flexibility index (Phi) is 4.96. The summed E-state index contributed by atoms with van der Waals surface area (Å²) in [6, 6.07) is 12.0. The fourth-order valence-corrected chi connectivity index (χ4v) is 2.16. The molecule has 4 nitrogen and oxygen atoms in total. The van der Waals surface area contributed by atoms with Crippen molar-refractivity contribution in [2.24, 2.45) is 5.73 Å². The van der Waals surface area contributed by atoms with Crippen LogP contribution in [0.1, 0.15) is 18.4 Å². The first-order valence-corrected chi connectivity index (χ1v) is 6.66. The third-order valence-electron chi connectivity index (χ3n) is 3.21. The average Bonchev–Trinajstić information content (AvgIpc) is 2.50. The molecule has 0 spiro atoms. The van der Waals surface area contributed by atoms with Crippen molar-refractivity contribution in [1.82, 2.24) is 0 Å². The highest BCUT2D eigenvalue weighted by Crippen LogP contribution is 2.27.